The van der Waals surface area contributed by atoms with Crippen molar-refractivity contribution in [2.45, 2.75) is 44.3 Å². The molecule has 1 unspecified atom stereocenters. The highest BCUT2D eigenvalue weighted by atomic mass is 19.4. The predicted molar refractivity (Wildman–Crippen MR) is 110 cm³/mol. The molecular weight excluding hydrogens is 435 g/mol. The van der Waals surface area contributed by atoms with Gasteiger partial charge in [0.25, 0.3) is 0 Å². The normalized spacial score (nSPS) is 11.9. The Labute approximate surface area is 182 Å². The number of carboxylic acid groups (broad SMARTS) is 1. The number of nitrogens with zero attached hydrogens (tertiary/aromatic N) is 1. The number of carbonyl (C=O) groups is 3. The maximum Gasteiger partial charge on any atom is 0.471 e. The van der Waals surface area contributed by atoms with Gasteiger partial charge in [0, 0.05) is 19.4 Å². The summed E-state index contributed by atoms with van der Waals surface area (Å²) in [4.78, 5) is 38.4. The second kappa shape index (κ2) is 12.4. The van der Waals surface area contributed by atoms with Gasteiger partial charge >= 0.3 is 18.1 Å². The van der Waals surface area contributed by atoms with Crippen LogP contribution in [0.2, 0.25) is 0 Å². The summed E-state index contributed by atoms with van der Waals surface area (Å²) >= 11 is 0. The first-order valence-electron chi connectivity index (χ1n) is 9.56. The molecule has 1 rings (SSSR count). The highest BCUT2D eigenvalue weighted by molar-refractivity contribution is 5.92. The zero-order valence-electron chi connectivity index (χ0n) is 17.4. The Morgan fingerprint density at radius 1 is 1.19 bits per heavy atom. The van der Waals surface area contributed by atoms with Crippen molar-refractivity contribution in [3.63, 3.8) is 0 Å². The minimum atomic E-state index is -5.21. The first-order valence-corrected chi connectivity index (χ1v) is 9.56. The van der Waals surface area contributed by atoms with Crippen molar-refractivity contribution in [3.8, 4) is 5.75 Å². The molecule has 1 aromatic carbocycles. The Hall–Kier alpha value is -3.51. The van der Waals surface area contributed by atoms with Gasteiger partial charge in [-0.25, -0.2) is 4.79 Å². The Bertz CT molecular complexity index is 841. The van der Waals surface area contributed by atoms with E-state index in [4.69, 9.17) is 21.3 Å². The summed E-state index contributed by atoms with van der Waals surface area (Å²) in [6.45, 7) is 0.454. The third-order valence-corrected chi connectivity index (χ3v) is 4.20. The van der Waals surface area contributed by atoms with Crippen LogP contribution in [-0.4, -0.2) is 54.7 Å². The van der Waals surface area contributed by atoms with Crippen LogP contribution >= 0.6 is 0 Å². The van der Waals surface area contributed by atoms with Gasteiger partial charge in [0.05, 0.1) is 12.8 Å². The molecule has 178 valence electrons. The fourth-order valence-corrected chi connectivity index (χ4v) is 2.65. The molecule has 0 heterocycles. The number of carboxylic acids is 1. The zero-order chi connectivity index (χ0) is 24.3. The number of hydrogen-bond acceptors (Lipinski definition) is 5. The second-order valence-corrected chi connectivity index (χ2v) is 6.77. The molecule has 0 saturated carbocycles. The van der Waals surface area contributed by atoms with Crippen LogP contribution in [0.15, 0.2) is 23.2 Å². The fourth-order valence-electron chi connectivity index (χ4n) is 2.65. The third kappa shape index (κ3) is 9.53. The minimum absolute atomic E-state index is 0.00201. The fraction of sp³-hybridized carbons (Fsp3) is 0.474. The number of methoxy groups -OCH3 is 1. The maximum atomic E-state index is 12.4. The highest BCUT2D eigenvalue weighted by Gasteiger charge is 2.40. The van der Waals surface area contributed by atoms with Crippen molar-refractivity contribution in [3.05, 3.63) is 23.8 Å². The van der Waals surface area contributed by atoms with E-state index in [1.165, 1.54) is 30.6 Å². The molecule has 0 aliphatic rings. The van der Waals surface area contributed by atoms with Gasteiger partial charge in [-0.1, -0.05) is 12.5 Å². The number of amides is 2. The number of nitrogens with two attached hydrogens (primary N) is 2. The Kier molecular flexibility index (Phi) is 10.3. The van der Waals surface area contributed by atoms with Gasteiger partial charge in [-0.3, -0.25) is 14.6 Å². The minimum Gasteiger partial charge on any atom is -0.495 e. The summed E-state index contributed by atoms with van der Waals surface area (Å²) < 4.78 is 42.5. The van der Waals surface area contributed by atoms with E-state index >= 15 is 0 Å². The summed E-state index contributed by atoms with van der Waals surface area (Å²) in [5.41, 5.74) is 10.9. The molecule has 7 N–H and O–H groups in total. The molecule has 10 nitrogen and oxygen atoms in total. The molecular formula is C19H26F3N5O5. The van der Waals surface area contributed by atoms with Crippen LogP contribution in [0.25, 0.3) is 0 Å². The average Bonchev–Trinajstić information content (AvgIpc) is 2.69. The molecule has 1 atom stereocenters. The zero-order valence-corrected chi connectivity index (χ0v) is 17.4. The third-order valence-electron chi connectivity index (χ3n) is 4.20. The number of aliphatic imine (C=N–C) groups is 1. The molecule has 0 aliphatic carbocycles. The van der Waals surface area contributed by atoms with Crippen LogP contribution in [0.4, 0.5) is 18.9 Å². The first kappa shape index (κ1) is 26.5. The molecule has 32 heavy (non-hydrogen) atoms. The molecule has 0 aliphatic heterocycles. The van der Waals surface area contributed by atoms with Gasteiger partial charge in [0.1, 0.15) is 11.8 Å². The highest BCUT2D eigenvalue weighted by Crippen LogP contribution is 2.26. The van der Waals surface area contributed by atoms with Crippen LogP contribution in [0.3, 0.4) is 0 Å². The van der Waals surface area contributed by atoms with Crippen molar-refractivity contribution in [1.82, 2.24) is 5.32 Å². The molecule has 0 fully saturated rings. The number of hydrogen-bond donors (Lipinski definition) is 5. The number of halogens is 3. The van der Waals surface area contributed by atoms with E-state index in [9.17, 15) is 27.6 Å². The van der Waals surface area contributed by atoms with Gasteiger partial charge in [-0.05, 0) is 30.5 Å². The number of ether oxygens (including phenoxy) is 1. The van der Waals surface area contributed by atoms with Gasteiger partial charge < -0.3 is 31.9 Å². The Balaban J connectivity index is 2.77. The van der Waals surface area contributed by atoms with Gasteiger partial charge in [-0.15, -0.1) is 0 Å². The number of rotatable bonds is 12. The summed E-state index contributed by atoms with van der Waals surface area (Å²) in [6, 6.07) is 2.43. The largest absolute Gasteiger partial charge is 0.495 e. The van der Waals surface area contributed by atoms with Gasteiger partial charge in [0.2, 0.25) is 5.91 Å². The number of carbonyl (C=O) groups excluding carboxylic acids is 2. The van der Waals surface area contributed by atoms with Crippen LogP contribution < -0.4 is 26.8 Å². The molecule has 0 radical (unpaired) electrons. The van der Waals surface area contributed by atoms with Crippen LogP contribution in [0.5, 0.6) is 5.75 Å². The number of anilines is 1. The smallest absolute Gasteiger partial charge is 0.471 e. The number of guanidine groups is 1. The first-order chi connectivity index (χ1) is 14.9. The van der Waals surface area contributed by atoms with Crippen LogP contribution in [-0.2, 0) is 20.8 Å². The number of aliphatic carboxylic acids is 1. The topological polar surface area (TPSA) is 169 Å². The van der Waals surface area contributed by atoms with E-state index in [2.05, 4.69) is 10.3 Å². The molecule has 0 aromatic heterocycles. The van der Waals surface area contributed by atoms with Crippen molar-refractivity contribution in [2.24, 2.45) is 16.5 Å². The Morgan fingerprint density at radius 2 is 1.88 bits per heavy atom. The van der Waals surface area contributed by atoms with E-state index in [-0.39, 0.29) is 35.3 Å². The number of alkyl halides is 3. The molecule has 1 aromatic rings. The lowest BCUT2D eigenvalue weighted by atomic mass is 10.0. The van der Waals surface area contributed by atoms with Crippen LogP contribution in [0, 0.1) is 0 Å². The van der Waals surface area contributed by atoms with Gasteiger partial charge in [-0.2, -0.15) is 13.2 Å². The quantitative estimate of drug-likeness (QED) is 0.177. The average molecular weight is 461 g/mol. The SMILES string of the molecule is COc1ccc(CC(NC(=O)C(F)(F)F)C(=O)O)cc1NC(=O)CCCCCN=C(N)N. The number of benzene rings is 1. The van der Waals surface area contributed by atoms with E-state index in [0.29, 0.717) is 25.8 Å². The number of nitrogens with one attached hydrogen (secondary N) is 2. The van der Waals surface area contributed by atoms with Crippen molar-refractivity contribution >= 4 is 29.4 Å². The predicted octanol–water partition coefficient (Wildman–Crippen LogP) is 1.14. The molecule has 0 bridgehead atoms. The van der Waals surface area contributed by atoms with Gasteiger partial charge in [0.15, 0.2) is 5.96 Å². The Morgan fingerprint density at radius 3 is 2.44 bits per heavy atom. The lowest BCUT2D eigenvalue weighted by Crippen LogP contribution is -2.47. The monoisotopic (exact) mass is 461 g/mol. The lowest BCUT2D eigenvalue weighted by molar-refractivity contribution is -0.175. The standard InChI is InChI=1S/C19H26F3N5O5/c1-32-14-7-6-11(10-13(16(29)30)27-17(31)19(20,21)22)9-12(14)26-15(28)5-3-2-4-8-25-18(23)24/h6-7,9,13H,2-5,8,10H2,1H3,(H,26,28)(H,27,31)(H,29,30)(H4,23,24,25). The molecule has 0 spiro atoms. The molecule has 0 saturated heterocycles. The van der Waals surface area contributed by atoms with Crippen LogP contribution in [0.1, 0.15) is 31.2 Å². The van der Waals surface area contributed by atoms with Crippen molar-refractivity contribution < 1.29 is 37.4 Å². The van der Waals surface area contributed by atoms with Crippen molar-refractivity contribution in [2.75, 3.05) is 19.0 Å². The summed E-state index contributed by atoms with van der Waals surface area (Å²) in [5, 5.41) is 13.2. The number of unbranched alkanes of at least 4 members (excludes halogenated alkanes) is 2. The lowest BCUT2D eigenvalue weighted by Gasteiger charge is -2.17. The van der Waals surface area contributed by atoms with E-state index in [1.54, 1.807) is 0 Å². The maximum absolute atomic E-state index is 12.4. The van der Waals surface area contributed by atoms with E-state index < -0.39 is 30.5 Å². The summed E-state index contributed by atoms with van der Waals surface area (Å²) in [5.74, 6) is -4.04. The van der Waals surface area contributed by atoms with E-state index in [1.807, 2.05) is 0 Å². The second-order valence-electron chi connectivity index (χ2n) is 6.77. The van der Waals surface area contributed by atoms with Crippen molar-refractivity contribution in [1.29, 1.82) is 0 Å². The summed E-state index contributed by atoms with van der Waals surface area (Å²) in [6.07, 6.45) is -3.48. The molecule has 13 heteroatoms. The van der Waals surface area contributed by atoms with E-state index in [0.717, 1.165) is 0 Å². The molecule has 2 amide bonds. The summed E-state index contributed by atoms with van der Waals surface area (Å²) in [7, 11) is 1.36.